The molecule has 0 spiro atoms. The second-order valence-corrected chi connectivity index (χ2v) is 5.48. The predicted molar refractivity (Wildman–Crippen MR) is 91.3 cm³/mol. The van der Waals surface area contributed by atoms with Crippen LogP contribution in [0.2, 0.25) is 0 Å². The number of carbonyl (C=O) groups excluding carboxylic acids is 1. The van der Waals surface area contributed by atoms with E-state index in [0.29, 0.717) is 37.3 Å². The lowest BCUT2D eigenvalue weighted by atomic mass is 10.1. The van der Waals surface area contributed by atoms with Crippen LogP contribution in [0.1, 0.15) is 17.5 Å². The van der Waals surface area contributed by atoms with Crippen molar-refractivity contribution in [1.29, 1.82) is 5.26 Å². The maximum Gasteiger partial charge on any atom is 0.231 e. The van der Waals surface area contributed by atoms with E-state index in [4.69, 9.17) is 14.7 Å². The molecule has 0 aliphatic carbocycles. The molecular weight excluding hydrogens is 320 g/mol. The van der Waals surface area contributed by atoms with Crippen molar-refractivity contribution in [2.24, 2.45) is 0 Å². The van der Waals surface area contributed by atoms with Gasteiger partial charge in [0.25, 0.3) is 0 Å². The van der Waals surface area contributed by atoms with Gasteiger partial charge in [-0.25, -0.2) is 4.98 Å². The van der Waals surface area contributed by atoms with E-state index in [1.54, 1.807) is 18.3 Å². The van der Waals surface area contributed by atoms with Gasteiger partial charge in [0.15, 0.2) is 11.5 Å². The number of fused-ring (bicyclic) bond motifs is 1. The number of nitrogens with one attached hydrogen (secondary N) is 2. The van der Waals surface area contributed by atoms with Gasteiger partial charge in [0.2, 0.25) is 12.7 Å². The van der Waals surface area contributed by atoms with Crippen LogP contribution in [0, 0.1) is 11.3 Å². The number of carbonyl (C=O) groups is 1. The fourth-order valence-electron chi connectivity index (χ4n) is 2.46. The van der Waals surface area contributed by atoms with Crippen molar-refractivity contribution in [3.63, 3.8) is 0 Å². The number of aromatic nitrogens is 1. The minimum absolute atomic E-state index is 0.0269. The number of hydrogen-bond donors (Lipinski definition) is 2. The predicted octanol–water partition coefficient (Wildman–Crippen LogP) is 1.84. The Hall–Kier alpha value is -3.27. The molecule has 2 N–H and O–H groups in total. The maximum atomic E-state index is 11.9. The van der Waals surface area contributed by atoms with Crippen LogP contribution in [0.25, 0.3) is 0 Å². The highest BCUT2D eigenvalue weighted by Gasteiger charge is 2.13. The van der Waals surface area contributed by atoms with Gasteiger partial charge in [0, 0.05) is 25.7 Å². The molecule has 0 saturated heterocycles. The zero-order chi connectivity index (χ0) is 17.5. The van der Waals surface area contributed by atoms with Crippen LogP contribution in [0.4, 0.5) is 5.82 Å². The molecule has 1 amide bonds. The van der Waals surface area contributed by atoms with E-state index in [2.05, 4.69) is 21.7 Å². The van der Waals surface area contributed by atoms with Gasteiger partial charge in [-0.15, -0.1) is 0 Å². The van der Waals surface area contributed by atoms with Crippen LogP contribution in [0.3, 0.4) is 0 Å². The molecule has 2 aromatic rings. The molecule has 7 heteroatoms. The Kier molecular flexibility index (Phi) is 5.32. The van der Waals surface area contributed by atoms with Gasteiger partial charge < -0.3 is 20.1 Å². The molecule has 0 saturated carbocycles. The third-order valence-electron chi connectivity index (χ3n) is 3.75. The minimum atomic E-state index is -0.0269. The summed E-state index contributed by atoms with van der Waals surface area (Å²) in [4.78, 5) is 16.0. The number of pyridine rings is 1. The highest BCUT2D eigenvalue weighted by atomic mass is 16.7. The second kappa shape index (κ2) is 8.02. The van der Waals surface area contributed by atoms with Crippen molar-refractivity contribution in [3.8, 4) is 17.6 Å². The summed E-state index contributed by atoms with van der Waals surface area (Å²) in [5, 5.41) is 14.9. The lowest BCUT2D eigenvalue weighted by Gasteiger charge is -2.08. The molecule has 1 aromatic heterocycles. The zero-order valence-corrected chi connectivity index (χ0v) is 13.6. The summed E-state index contributed by atoms with van der Waals surface area (Å²) in [6, 6.07) is 11.2. The molecule has 1 aliphatic heterocycles. The minimum Gasteiger partial charge on any atom is -0.454 e. The maximum absolute atomic E-state index is 11.9. The van der Waals surface area contributed by atoms with Crippen LogP contribution in [-0.4, -0.2) is 30.8 Å². The SMILES string of the molecule is N#Cc1cccnc1NCCNC(=O)CCc1ccc2c(c1)OCO2. The van der Waals surface area contributed by atoms with Crippen molar-refractivity contribution >= 4 is 11.7 Å². The number of anilines is 1. The number of ether oxygens (including phenoxy) is 2. The summed E-state index contributed by atoms with van der Waals surface area (Å²) in [7, 11) is 0. The van der Waals surface area contributed by atoms with Crippen LogP contribution in [0.5, 0.6) is 11.5 Å². The number of amides is 1. The van der Waals surface area contributed by atoms with Gasteiger partial charge in [0.1, 0.15) is 11.9 Å². The summed E-state index contributed by atoms with van der Waals surface area (Å²) in [5.41, 5.74) is 1.52. The largest absolute Gasteiger partial charge is 0.454 e. The first-order chi connectivity index (χ1) is 12.3. The van der Waals surface area contributed by atoms with Crippen LogP contribution in [0.15, 0.2) is 36.5 Å². The standard InChI is InChI=1S/C18H18N4O3/c19-11-14-2-1-7-21-18(14)22-9-8-20-17(23)6-4-13-3-5-15-16(10-13)25-12-24-15/h1-3,5,7,10H,4,6,8-9,12H2,(H,20,23)(H,21,22). The lowest BCUT2D eigenvalue weighted by Crippen LogP contribution is -2.29. The topological polar surface area (TPSA) is 96.3 Å². The molecular formula is C18H18N4O3. The van der Waals surface area contributed by atoms with Crippen molar-refractivity contribution in [3.05, 3.63) is 47.7 Å². The Morgan fingerprint density at radius 2 is 2.12 bits per heavy atom. The number of hydrogen-bond acceptors (Lipinski definition) is 6. The van der Waals surface area contributed by atoms with Gasteiger partial charge >= 0.3 is 0 Å². The van der Waals surface area contributed by atoms with Crippen LogP contribution < -0.4 is 20.1 Å². The summed E-state index contributed by atoms with van der Waals surface area (Å²) < 4.78 is 10.6. The van der Waals surface area contributed by atoms with Gasteiger partial charge in [0.05, 0.1) is 5.56 Å². The van der Waals surface area contributed by atoms with Gasteiger partial charge in [-0.05, 0) is 36.2 Å². The highest BCUT2D eigenvalue weighted by Crippen LogP contribution is 2.32. The smallest absolute Gasteiger partial charge is 0.231 e. The van der Waals surface area contributed by atoms with E-state index in [1.807, 2.05) is 18.2 Å². The Balaban J connectivity index is 1.38. The molecule has 0 fully saturated rings. The van der Waals surface area contributed by atoms with Crippen molar-refractivity contribution < 1.29 is 14.3 Å². The third-order valence-corrected chi connectivity index (χ3v) is 3.75. The van der Waals surface area contributed by atoms with E-state index < -0.39 is 0 Å². The number of nitrogens with zero attached hydrogens (tertiary/aromatic N) is 2. The Labute approximate surface area is 145 Å². The normalized spacial score (nSPS) is 11.6. The highest BCUT2D eigenvalue weighted by molar-refractivity contribution is 5.76. The molecule has 1 aliphatic rings. The summed E-state index contributed by atoms with van der Waals surface area (Å²) in [6.45, 7) is 1.21. The molecule has 0 radical (unpaired) electrons. The summed E-state index contributed by atoms with van der Waals surface area (Å²) >= 11 is 0. The van der Waals surface area contributed by atoms with E-state index in [1.165, 1.54) is 0 Å². The molecule has 7 nitrogen and oxygen atoms in total. The molecule has 2 heterocycles. The third kappa shape index (κ3) is 4.38. The number of benzene rings is 1. The average molecular weight is 338 g/mol. The Morgan fingerprint density at radius 1 is 1.24 bits per heavy atom. The molecule has 0 atom stereocenters. The quantitative estimate of drug-likeness (QED) is 0.748. The first kappa shape index (κ1) is 16.6. The molecule has 0 bridgehead atoms. The van der Waals surface area contributed by atoms with E-state index >= 15 is 0 Å². The number of nitriles is 1. The van der Waals surface area contributed by atoms with E-state index in [0.717, 1.165) is 17.1 Å². The molecule has 25 heavy (non-hydrogen) atoms. The monoisotopic (exact) mass is 338 g/mol. The number of rotatable bonds is 7. The second-order valence-electron chi connectivity index (χ2n) is 5.48. The number of aryl methyl sites for hydroxylation is 1. The first-order valence-corrected chi connectivity index (χ1v) is 8.00. The van der Waals surface area contributed by atoms with Crippen LogP contribution in [-0.2, 0) is 11.2 Å². The first-order valence-electron chi connectivity index (χ1n) is 8.00. The molecule has 1 aromatic carbocycles. The fourth-order valence-corrected chi connectivity index (χ4v) is 2.46. The molecule has 128 valence electrons. The fraction of sp³-hybridized carbons (Fsp3) is 0.278. The van der Waals surface area contributed by atoms with Crippen LogP contribution >= 0.6 is 0 Å². The average Bonchev–Trinajstić information content (AvgIpc) is 3.11. The lowest BCUT2D eigenvalue weighted by molar-refractivity contribution is -0.120. The van der Waals surface area contributed by atoms with Crippen molar-refractivity contribution in [1.82, 2.24) is 10.3 Å². The van der Waals surface area contributed by atoms with Crippen molar-refractivity contribution in [2.45, 2.75) is 12.8 Å². The van der Waals surface area contributed by atoms with Gasteiger partial charge in [-0.3, -0.25) is 4.79 Å². The summed E-state index contributed by atoms with van der Waals surface area (Å²) in [6.07, 6.45) is 2.65. The molecule has 3 rings (SSSR count). The van der Waals surface area contributed by atoms with E-state index in [-0.39, 0.29) is 12.7 Å². The van der Waals surface area contributed by atoms with Gasteiger partial charge in [-0.1, -0.05) is 6.07 Å². The Bertz CT molecular complexity index is 801. The van der Waals surface area contributed by atoms with E-state index in [9.17, 15) is 4.79 Å². The summed E-state index contributed by atoms with van der Waals surface area (Å²) in [5.74, 6) is 1.97. The Morgan fingerprint density at radius 3 is 3.00 bits per heavy atom. The van der Waals surface area contributed by atoms with Gasteiger partial charge in [-0.2, -0.15) is 5.26 Å². The van der Waals surface area contributed by atoms with Crippen molar-refractivity contribution in [2.75, 3.05) is 25.2 Å². The zero-order valence-electron chi connectivity index (χ0n) is 13.6. The molecule has 0 unspecified atom stereocenters.